The van der Waals surface area contributed by atoms with E-state index in [0.717, 1.165) is 10.9 Å². The molecule has 0 aliphatic carbocycles. The van der Waals surface area contributed by atoms with E-state index < -0.39 is 0 Å². The number of amides is 1. The quantitative estimate of drug-likeness (QED) is 0.402. The van der Waals surface area contributed by atoms with E-state index in [1.54, 1.807) is 36.4 Å². The average molecular weight is 389 g/mol. The number of furan rings is 1. The summed E-state index contributed by atoms with van der Waals surface area (Å²) in [7, 11) is 0. The molecule has 0 aliphatic rings. The summed E-state index contributed by atoms with van der Waals surface area (Å²) in [5.41, 5.74) is 3.49. The number of fused-ring (bicyclic) bond motifs is 2. The molecule has 0 saturated heterocycles. The van der Waals surface area contributed by atoms with Crippen LogP contribution in [0.25, 0.3) is 33.5 Å². The molecule has 0 spiro atoms. The number of carbonyl (C=O) groups excluding carboxylic acids is 1. The van der Waals surface area contributed by atoms with E-state index in [2.05, 4.69) is 10.3 Å². The van der Waals surface area contributed by atoms with Gasteiger partial charge in [0, 0.05) is 21.7 Å². The third-order valence-electron chi connectivity index (χ3n) is 4.39. The lowest BCUT2D eigenvalue weighted by atomic mass is 10.2. The molecule has 6 heteroatoms. The van der Waals surface area contributed by atoms with Crippen LogP contribution < -0.4 is 5.32 Å². The molecule has 5 rings (SSSR count). The maximum Gasteiger partial charge on any atom is 0.291 e. The number of aromatic nitrogens is 1. The van der Waals surface area contributed by atoms with E-state index in [-0.39, 0.29) is 11.7 Å². The lowest BCUT2D eigenvalue weighted by Crippen LogP contribution is -2.10. The minimum absolute atomic E-state index is 0.265. The van der Waals surface area contributed by atoms with Crippen molar-refractivity contribution in [1.29, 1.82) is 0 Å². The topological polar surface area (TPSA) is 68.3 Å². The van der Waals surface area contributed by atoms with Gasteiger partial charge in [-0.1, -0.05) is 29.8 Å². The van der Waals surface area contributed by atoms with Crippen LogP contribution in [0.4, 0.5) is 5.69 Å². The van der Waals surface area contributed by atoms with Gasteiger partial charge in [0.05, 0.1) is 0 Å². The smallest absolute Gasteiger partial charge is 0.291 e. The molecule has 0 saturated carbocycles. The fourth-order valence-electron chi connectivity index (χ4n) is 3.01. The molecule has 136 valence electrons. The number of nitrogens with one attached hydrogen (secondary N) is 1. The van der Waals surface area contributed by atoms with Gasteiger partial charge in [0.1, 0.15) is 11.1 Å². The zero-order valence-electron chi connectivity index (χ0n) is 14.5. The van der Waals surface area contributed by atoms with E-state index in [9.17, 15) is 4.79 Å². The third-order valence-corrected chi connectivity index (χ3v) is 4.62. The van der Waals surface area contributed by atoms with Gasteiger partial charge in [-0.05, 0) is 54.6 Å². The number of para-hydroxylation sites is 1. The maximum atomic E-state index is 12.4. The van der Waals surface area contributed by atoms with Crippen molar-refractivity contribution in [3.63, 3.8) is 0 Å². The summed E-state index contributed by atoms with van der Waals surface area (Å²) in [6, 6.07) is 21.8. The molecule has 0 radical (unpaired) electrons. The minimum Gasteiger partial charge on any atom is -0.451 e. The van der Waals surface area contributed by atoms with E-state index in [4.69, 9.17) is 20.4 Å². The first-order chi connectivity index (χ1) is 13.7. The van der Waals surface area contributed by atoms with Gasteiger partial charge in [-0.3, -0.25) is 4.79 Å². The molecule has 2 aromatic heterocycles. The zero-order valence-corrected chi connectivity index (χ0v) is 15.2. The molecule has 0 unspecified atom stereocenters. The van der Waals surface area contributed by atoms with Gasteiger partial charge in [-0.15, -0.1) is 0 Å². The Hall–Kier alpha value is -3.57. The predicted octanol–water partition coefficient (Wildman–Crippen LogP) is 6.15. The Kier molecular flexibility index (Phi) is 3.88. The molecule has 0 atom stereocenters. The molecule has 3 aromatic carbocycles. The van der Waals surface area contributed by atoms with Crippen molar-refractivity contribution in [2.45, 2.75) is 0 Å². The van der Waals surface area contributed by atoms with Gasteiger partial charge in [0.2, 0.25) is 5.89 Å². The van der Waals surface area contributed by atoms with Crippen molar-refractivity contribution in [3.05, 3.63) is 83.6 Å². The minimum atomic E-state index is -0.305. The van der Waals surface area contributed by atoms with E-state index in [0.29, 0.717) is 33.3 Å². The number of carbonyl (C=O) groups is 1. The molecule has 2 heterocycles. The Balaban J connectivity index is 1.37. The van der Waals surface area contributed by atoms with Crippen molar-refractivity contribution in [1.82, 2.24) is 4.98 Å². The Labute approximate surface area is 164 Å². The number of nitrogens with zero attached hydrogens (tertiary/aromatic N) is 1. The van der Waals surface area contributed by atoms with E-state index >= 15 is 0 Å². The fraction of sp³-hybridized carbons (Fsp3) is 0. The first-order valence-electron chi connectivity index (χ1n) is 8.62. The van der Waals surface area contributed by atoms with Gasteiger partial charge < -0.3 is 14.2 Å². The molecule has 0 fully saturated rings. The Bertz CT molecular complexity index is 1290. The summed E-state index contributed by atoms with van der Waals surface area (Å²) in [4.78, 5) is 16.9. The number of anilines is 1. The molecule has 5 nitrogen and oxygen atoms in total. The van der Waals surface area contributed by atoms with Crippen LogP contribution in [0.1, 0.15) is 10.6 Å². The van der Waals surface area contributed by atoms with Crippen LogP contribution in [-0.4, -0.2) is 10.9 Å². The molecule has 1 N–H and O–H groups in total. The number of hydrogen-bond donors (Lipinski definition) is 1. The SMILES string of the molecule is O=C(Nc1ccc(-c2nc3cc(Cl)ccc3o2)cc1)c1cc2ccccc2o1. The van der Waals surface area contributed by atoms with Crippen LogP contribution in [-0.2, 0) is 0 Å². The summed E-state index contributed by atoms with van der Waals surface area (Å²) in [5, 5.41) is 4.33. The standard InChI is InChI=1S/C22H13ClN2O3/c23-15-7-10-19-17(12-15)25-22(28-19)13-5-8-16(9-6-13)24-21(26)20-11-14-3-1-2-4-18(14)27-20/h1-12H,(H,24,26). The Morgan fingerprint density at radius 2 is 1.71 bits per heavy atom. The highest BCUT2D eigenvalue weighted by Gasteiger charge is 2.13. The second-order valence-electron chi connectivity index (χ2n) is 6.31. The van der Waals surface area contributed by atoms with Crippen LogP contribution in [0.5, 0.6) is 0 Å². The average Bonchev–Trinajstić information content (AvgIpc) is 3.32. The van der Waals surface area contributed by atoms with Crippen LogP contribution in [0.3, 0.4) is 0 Å². The summed E-state index contributed by atoms with van der Waals surface area (Å²) in [5.74, 6) is 0.453. The first kappa shape index (κ1) is 16.6. The van der Waals surface area contributed by atoms with Crippen LogP contribution in [0, 0.1) is 0 Å². The van der Waals surface area contributed by atoms with Crippen molar-refractivity contribution in [2.24, 2.45) is 0 Å². The van der Waals surface area contributed by atoms with Gasteiger partial charge in [0.15, 0.2) is 11.3 Å². The maximum absolute atomic E-state index is 12.4. The number of hydrogen-bond acceptors (Lipinski definition) is 4. The van der Waals surface area contributed by atoms with Gasteiger partial charge in [-0.2, -0.15) is 0 Å². The van der Waals surface area contributed by atoms with Crippen molar-refractivity contribution in [3.8, 4) is 11.5 Å². The second-order valence-corrected chi connectivity index (χ2v) is 6.75. The van der Waals surface area contributed by atoms with Gasteiger partial charge in [-0.25, -0.2) is 4.98 Å². The number of benzene rings is 3. The Morgan fingerprint density at radius 3 is 2.54 bits per heavy atom. The summed E-state index contributed by atoms with van der Waals surface area (Å²) in [6.07, 6.45) is 0. The van der Waals surface area contributed by atoms with Crippen molar-refractivity contribution < 1.29 is 13.6 Å². The monoisotopic (exact) mass is 388 g/mol. The highest BCUT2D eigenvalue weighted by atomic mass is 35.5. The van der Waals surface area contributed by atoms with Crippen molar-refractivity contribution in [2.75, 3.05) is 5.32 Å². The molecule has 1 amide bonds. The van der Waals surface area contributed by atoms with E-state index in [1.165, 1.54) is 0 Å². The molecular weight excluding hydrogens is 376 g/mol. The van der Waals surface area contributed by atoms with E-state index in [1.807, 2.05) is 36.4 Å². The third kappa shape index (κ3) is 3.02. The van der Waals surface area contributed by atoms with Crippen LogP contribution in [0.15, 0.2) is 81.6 Å². The Morgan fingerprint density at radius 1 is 0.893 bits per heavy atom. The highest BCUT2D eigenvalue weighted by molar-refractivity contribution is 6.31. The normalized spacial score (nSPS) is 11.2. The summed E-state index contributed by atoms with van der Waals surface area (Å²) >= 11 is 5.99. The molecule has 5 aromatic rings. The fourth-order valence-corrected chi connectivity index (χ4v) is 3.17. The number of rotatable bonds is 3. The predicted molar refractivity (Wildman–Crippen MR) is 109 cm³/mol. The number of halogens is 1. The summed E-state index contributed by atoms with van der Waals surface area (Å²) in [6.45, 7) is 0. The number of oxazole rings is 1. The zero-order chi connectivity index (χ0) is 19.1. The lowest BCUT2D eigenvalue weighted by Gasteiger charge is -2.03. The van der Waals surface area contributed by atoms with Crippen LogP contribution in [0.2, 0.25) is 5.02 Å². The molecular formula is C22H13ClN2O3. The largest absolute Gasteiger partial charge is 0.451 e. The molecule has 0 bridgehead atoms. The lowest BCUT2D eigenvalue weighted by molar-refractivity contribution is 0.0998. The van der Waals surface area contributed by atoms with Gasteiger partial charge >= 0.3 is 0 Å². The molecule has 0 aliphatic heterocycles. The van der Waals surface area contributed by atoms with Crippen molar-refractivity contribution >= 4 is 45.3 Å². The highest BCUT2D eigenvalue weighted by Crippen LogP contribution is 2.27. The summed E-state index contributed by atoms with van der Waals surface area (Å²) < 4.78 is 11.4. The molecule has 28 heavy (non-hydrogen) atoms. The van der Waals surface area contributed by atoms with Gasteiger partial charge in [0.25, 0.3) is 5.91 Å². The van der Waals surface area contributed by atoms with Crippen LogP contribution >= 0.6 is 11.6 Å². The first-order valence-corrected chi connectivity index (χ1v) is 9.00. The second kappa shape index (κ2) is 6.55.